The number of hydrogen-bond donors (Lipinski definition) is 2. The quantitative estimate of drug-likeness (QED) is 0.723. The summed E-state index contributed by atoms with van der Waals surface area (Å²) in [6.45, 7) is 7.13. The lowest BCUT2D eigenvalue weighted by molar-refractivity contribution is -0.126. The van der Waals surface area contributed by atoms with Crippen LogP contribution in [0.4, 0.5) is 5.69 Å². The number of likely N-dealkylation sites (tertiary alicyclic amines) is 1. The minimum absolute atomic E-state index is 0.0238. The predicted octanol–water partition coefficient (Wildman–Crippen LogP) is 3.40. The van der Waals surface area contributed by atoms with Crippen LogP contribution in [0.25, 0.3) is 0 Å². The van der Waals surface area contributed by atoms with Crippen molar-refractivity contribution in [3.8, 4) is 0 Å². The van der Waals surface area contributed by atoms with Crippen LogP contribution in [0.15, 0.2) is 61.2 Å². The van der Waals surface area contributed by atoms with Gasteiger partial charge < -0.3 is 15.5 Å². The third-order valence-electron chi connectivity index (χ3n) is 5.28. The molecular weight excluding hydrogens is 378 g/mol. The van der Waals surface area contributed by atoms with Crippen molar-refractivity contribution in [1.82, 2.24) is 10.2 Å². The molecule has 2 aromatic rings. The standard InChI is InChI=1S/C24H27N3O3/c1-3-14-25-22(28)19-12-15-27(16-13-19)24(30)20-8-10-21(11-9-20)26-23(29)18-6-4-17(2)5-7-18/h3-11,19H,1,12-16H2,2H3,(H,25,28)(H,26,29). The highest BCUT2D eigenvalue weighted by Crippen LogP contribution is 2.20. The van der Waals surface area contributed by atoms with Gasteiger partial charge >= 0.3 is 0 Å². The Balaban J connectivity index is 1.54. The van der Waals surface area contributed by atoms with Crippen molar-refractivity contribution in [2.24, 2.45) is 5.92 Å². The monoisotopic (exact) mass is 405 g/mol. The molecular formula is C24H27N3O3. The fourth-order valence-corrected chi connectivity index (χ4v) is 3.45. The van der Waals surface area contributed by atoms with Gasteiger partial charge in [0.15, 0.2) is 0 Å². The summed E-state index contributed by atoms with van der Waals surface area (Å²) >= 11 is 0. The summed E-state index contributed by atoms with van der Waals surface area (Å²) in [5.74, 6) is -0.286. The minimum Gasteiger partial charge on any atom is -0.352 e. The van der Waals surface area contributed by atoms with Crippen molar-refractivity contribution >= 4 is 23.4 Å². The average Bonchev–Trinajstić information content (AvgIpc) is 2.78. The molecule has 1 heterocycles. The molecule has 1 aliphatic rings. The molecule has 156 valence electrons. The number of nitrogens with zero attached hydrogens (tertiary/aromatic N) is 1. The van der Waals surface area contributed by atoms with Gasteiger partial charge in [0.2, 0.25) is 5.91 Å². The lowest BCUT2D eigenvalue weighted by atomic mass is 9.95. The van der Waals surface area contributed by atoms with Crippen LogP contribution in [0, 0.1) is 12.8 Å². The van der Waals surface area contributed by atoms with E-state index in [-0.39, 0.29) is 23.6 Å². The van der Waals surface area contributed by atoms with Crippen molar-refractivity contribution in [2.75, 3.05) is 25.0 Å². The molecule has 0 unspecified atom stereocenters. The van der Waals surface area contributed by atoms with Crippen molar-refractivity contribution < 1.29 is 14.4 Å². The maximum Gasteiger partial charge on any atom is 0.255 e. The van der Waals surface area contributed by atoms with Gasteiger partial charge in [-0.3, -0.25) is 14.4 Å². The molecule has 0 aliphatic carbocycles. The number of rotatable bonds is 6. The fourth-order valence-electron chi connectivity index (χ4n) is 3.45. The summed E-state index contributed by atoms with van der Waals surface area (Å²) in [5, 5.41) is 5.66. The summed E-state index contributed by atoms with van der Waals surface area (Å²) in [4.78, 5) is 38.9. The molecule has 0 aromatic heterocycles. The van der Waals surface area contributed by atoms with Crippen LogP contribution in [0.2, 0.25) is 0 Å². The van der Waals surface area contributed by atoms with E-state index in [1.807, 2.05) is 19.1 Å². The largest absolute Gasteiger partial charge is 0.352 e. The van der Waals surface area contributed by atoms with Gasteiger partial charge in [0.25, 0.3) is 11.8 Å². The Hall–Kier alpha value is -3.41. The van der Waals surface area contributed by atoms with Crippen LogP contribution in [0.3, 0.4) is 0 Å². The molecule has 2 aromatic carbocycles. The van der Waals surface area contributed by atoms with Crippen LogP contribution in [0.1, 0.15) is 39.1 Å². The van der Waals surface area contributed by atoms with E-state index in [1.165, 1.54) is 0 Å². The SMILES string of the molecule is C=CCNC(=O)C1CCN(C(=O)c2ccc(NC(=O)c3ccc(C)cc3)cc2)CC1. The second-order valence-electron chi connectivity index (χ2n) is 7.50. The van der Waals surface area contributed by atoms with Gasteiger partial charge in [-0.25, -0.2) is 0 Å². The van der Waals surface area contributed by atoms with Crippen molar-refractivity contribution in [1.29, 1.82) is 0 Å². The molecule has 0 bridgehead atoms. The Morgan fingerprint density at radius 2 is 1.60 bits per heavy atom. The number of hydrogen-bond acceptors (Lipinski definition) is 3. The normalized spacial score (nSPS) is 14.1. The number of amides is 3. The van der Waals surface area contributed by atoms with Crippen LogP contribution in [0.5, 0.6) is 0 Å². The zero-order valence-corrected chi connectivity index (χ0v) is 17.2. The first-order valence-corrected chi connectivity index (χ1v) is 10.1. The number of carbonyl (C=O) groups is 3. The Kier molecular flexibility index (Phi) is 7.01. The van der Waals surface area contributed by atoms with E-state index in [0.717, 1.165) is 5.56 Å². The lowest BCUT2D eigenvalue weighted by Crippen LogP contribution is -2.43. The zero-order valence-electron chi connectivity index (χ0n) is 17.2. The van der Waals surface area contributed by atoms with Gasteiger partial charge in [-0.2, -0.15) is 0 Å². The van der Waals surface area contributed by atoms with E-state index in [4.69, 9.17) is 0 Å². The number of benzene rings is 2. The molecule has 1 fully saturated rings. The predicted molar refractivity (Wildman–Crippen MR) is 117 cm³/mol. The molecule has 30 heavy (non-hydrogen) atoms. The van der Waals surface area contributed by atoms with Gasteiger partial charge in [0.05, 0.1) is 0 Å². The second kappa shape index (κ2) is 9.87. The van der Waals surface area contributed by atoms with E-state index in [9.17, 15) is 14.4 Å². The topological polar surface area (TPSA) is 78.5 Å². The Labute approximate surface area is 177 Å². The first-order chi connectivity index (χ1) is 14.5. The summed E-state index contributed by atoms with van der Waals surface area (Å²) in [5.41, 5.74) is 2.88. The Morgan fingerprint density at radius 1 is 1.00 bits per heavy atom. The molecule has 1 saturated heterocycles. The summed E-state index contributed by atoms with van der Waals surface area (Å²) < 4.78 is 0. The molecule has 3 amide bonds. The molecule has 2 N–H and O–H groups in total. The molecule has 1 aliphatic heterocycles. The number of piperidine rings is 1. The zero-order chi connectivity index (χ0) is 21.5. The van der Waals surface area contributed by atoms with Crippen molar-refractivity contribution in [2.45, 2.75) is 19.8 Å². The minimum atomic E-state index is -0.189. The first kappa shape index (κ1) is 21.3. The molecule has 0 spiro atoms. The highest BCUT2D eigenvalue weighted by Gasteiger charge is 2.27. The van der Waals surface area contributed by atoms with Crippen LogP contribution >= 0.6 is 0 Å². The van der Waals surface area contributed by atoms with Crippen LogP contribution in [-0.2, 0) is 4.79 Å². The van der Waals surface area contributed by atoms with Crippen LogP contribution < -0.4 is 10.6 Å². The highest BCUT2D eigenvalue weighted by atomic mass is 16.2. The molecule has 0 radical (unpaired) electrons. The number of carbonyl (C=O) groups excluding carboxylic acids is 3. The molecule has 3 rings (SSSR count). The van der Waals surface area contributed by atoms with E-state index >= 15 is 0 Å². The fraction of sp³-hybridized carbons (Fsp3) is 0.292. The summed E-state index contributed by atoms with van der Waals surface area (Å²) in [6.07, 6.45) is 2.96. The van der Waals surface area contributed by atoms with Gasteiger partial charge in [0.1, 0.15) is 0 Å². The second-order valence-corrected chi connectivity index (χ2v) is 7.50. The van der Waals surface area contributed by atoms with E-state index in [1.54, 1.807) is 47.4 Å². The summed E-state index contributed by atoms with van der Waals surface area (Å²) in [6, 6.07) is 14.2. The first-order valence-electron chi connectivity index (χ1n) is 10.1. The van der Waals surface area contributed by atoms with Gasteiger partial charge in [-0.1, -0.05) is 23.8 Å². The number of aryl methyl sites for hydroxylation is 1. The van der Waals surface area contributed by atoms with Gasteiger partial charge in [-0.15, -0.1) is 6.58 Å². The molecule has 0 atom stereocenters. The maximum absolute atomic E-state index is 12.8. The molecule has 6 nitrogen and oxygen atoms in total. The molecule has 6 heteroatoms. The Morgan fingerprint density at radius 3 is 2.20 bits per heavy atom. The number of nitrogens with one attached hydrogen (secondary N) is 2. The molecule has 0 saturated carbocycles. The summed E-state index contributed by atoms with van der Waals surface area (Å²) in [7, 11) is 0. The lowest BCUT2D eigenvalue weighted by Gasteiger charge is -2.31. The van der Waals surface area contributed by atoms with E-state index < -0.39 is 0 Å². The highest BCUT2D eigenvalue weighted by molar-refractivity contribution is 6.04. The van der Waals surface area contributed by atoms with Crippen LogP contribution in [-0.4, -0.2) is 42.3 Å². The van der Waals surface area contributed by atoms with Gasteiger partial charge in [-0.05, 0) is 56.2 Å². The van der Waals surface area contributed by atoms with E-state index in [2.05, 4.69) is 17.2 Å². The maximum atomic E-state index is 12.8. The average molecular weight is 405 g/mol. The number of anilines is 1. The third kappa shape index (κ3) is 5.35. The third-order valence-corrected chi connectivity index (χ3v) is 5.28. The Bertz CT molecular complexity index is 912. The smallest absolute Gasteiger partial charge is 0.255 e. The van der Waals surface area contributed by atoms with Crippen molar-refractivity contribution in [3.05, 3.63) is 77.9 Å². The van der Waals surface area contributed by atoms with Crippen molar-refractivity contribution in [3.63, 3.8) is 0 Å². The van der Waals surface area contributed by atoms with E-state index in [0.29, 0.717) is 49.3 Å². The van der Waals surface area contributed by atoms with Gasteiger partial charge in [0, 0.05) is 42.4 Å².